The monoisotopic (exact) mass is 457 g/mol. The Labute approximate surface area is 200 Å². The second-order valence-electron chi connectivity index (χ2n) is 8.60. The molecule has 6 heteroatoms. The number of nitrogens with zero attached hydrogens (tertiary/aromatic N) is 2. The summed E-state index contributed by atoms with van der Waals surface area (Å²) in [5, 5.41) is 4.72. The molecule has 1 aliphatic rings. The molecule has 0 aromatic heterocycles. The van der Waals surface area contributed by atoms with Crippen molar-refractivity contribution < 1.29 is 14.4 Å². The van der Waals surface area contributed by atoms with Gasteiger partial charge in [0.25, 0.3) is 5.91 Å². The van der Waals surface area contributed by atoms with Crippen LogP contribution in [0.2, 0.25) is 0 Å². The summed E-state index contributed by atoms with van der Waals surface area (Å²) in [6, 6.07) is 21.2. The zero-order valence-electron chi connectivity index (χ0n) is 19.8. The molecule has 3 amide bonds. The fraction of sp³-hybridized carbons (Fsp3) is 0.321. The van der Waals surface area contributed by atoms with Crippen LogP contribution in [0.4, 0.5) is 5.69 Å². The Hall–Kier alpha value is -3.67. The maximum Gasteiger partial charge on any atom is 0.258 e. The Morgan fingerprint density at radius 3 is 2.44 bits per heavy atom. The van der Waals surface area contributed by atoms with Crippen LogP contribution in [0.15, 0.2) is 66.7 Å². The summed E-state index contributed by atoms with van der Waals surface area (Å²) in [4.78, 5) is 42.3. The Bertz CT molecular complexity index is 1190. The molecule has 0 saturated heterocycles. The van der Waals surface area contributed by atoms with Crippen LogP contribution in [-0.4, -0.2) is 48.8 Å². The van der Waals surface area contributed by atoms with Gasteiger partial charge in [0.05, 0.1) is 5.69 Å². The van der Waals surface area contributed by atoms with Gasteiger partial charge < -0.3 is 15.1 Å². The summed E-state index contributed by atoms with van der Waals surface area (Å²) in [6.07, 6.45) is 2.03. The number of likely N-dealkylation sites (N-methyl/N-ethyl adjacent to an activating group) is 1. The molecule has 1 atom stereocenters. The Balaban J connectivity index is 1.44. The summed E-state index contributed by atoms with van der Waals surface area (Å²) in [7, 11) is 1.60. The standard InChI is InChI=1S/C28H31N3O3/c1-3-23(27(33)29-2)30(19-17-20-10-5-4-6-11-20)25(32)16-9-18-31-24-15-8-13-21-12-7-14-22(26(21)24)28(31)34/h4-8,10-15,23H,3,9,16-19H2,1-2H3,(H,29,33). The highest BCUT2D eigenvalue weighted by Crippen LogP contribution is 2.37. The summed E-state index contributed by atoms with van der Waals surface area (Å²) in [5.41, 5.74) is 2.75. The summed E-state index contributed by atoms with van der Waals surface area (Å²) in [6.45, 7) is 2.85. The number of benzene rings is 3. The van der Waals surface area contributed by atoms with Gasteiger partial charge in [0.15, 0.2) is 0 Å². The maximum absolute atomic E-state index is 13.3. The quantitative estimate of drug-likeness (QED) is 0.497. The van der Waals surface area contributed by atoms with E-state index in [0.717, 1.165) is 27.6 Å². The Morgan fingerprint density at radius 1 is 1.00 bits per heavy atom. The second-order valence-corrected chi connectivity index (χ2v) is 8.60. The second kappa shape index (κ2) is 10.5. The first kappa shape index (κ1) is 23.5. The molecule has 1 N–H and O–H groups in total. The fourth-order valence-corrected chi connectivity index (χ4v) is 4.80. The third kappa shape index (κ3) is 4.67. The van der Waals surface area contributed by atoms with Crippen LogP contribution in [0.3, 0.4) is 0 Å². The van der Waals surface area contributed by atoms with E-state index in [2.05, 4.69) is 5.32 Å². The van der Waals surface area contributed by atoms with E-state index >= 15 is 0 Å². The smallest absolute Gasteiger partial charge is 0.258 e. The molecule has 6 nitrogen and oxygen atoms in total. The van der Waals surface area contributed by atoms with Gasteiger partial charge in [-0.05, 0) is 42.3 Å². The minimum atomic E-state index is -0.507. The Morgan fingerprint density at radius 2 is 1.74 bits per heavy atom. The van der Waals surface area contributed by atoms with Crippen LogP contribution in [-0.2, 0) is 16.0 Å². The van der Waals surface area contributed by atoms with Gasteiger partial charge in [-0.25, -0.2) is 0 Å². The van der Waals surface area contributed by atoms with E-state index in [4.69, 9.17) is 0 Å². The highest BCUT2D eigenvalue weighted by Gasteiger charge is 2.30. The van der Waals surface area contributed by atoms with Gasteiger partial charge in [-0.2, -0.15) is 0 Å². The third-order valence-corrected chi connectivity index (χ3v) is 6.54. The number of carbonyl (C=O) groups is 3. The number of nitrogens with one attached hydrogen (secondary N) is 1. The number of hydrogen-bond acceptors (Lipinski definition) is 3. The van der Waals surface area contributed by atoms with Crippen molar-refractivity contribution in [3.8, 4) is 0 Å². The lowest BCUT2D eigenvalue weighted by atomic mass is 10.1. The topological polar surface area (TPSA) is 69.7 Å². The minimum Gasteiger partial charge on any atom is -0.357 e. The van der Waals surface area contributed by atoms with Crippen LogP contribution in [0.1, 0.15) is 42.1 Å². The average Bonchev–Trinajstić information content (AvgIpc) is 3.14. The predicted octanol–water partition coefficient (Wildman–Crippen LogP) is 4.18. The van der Waals surface area contributed by atoms with E-state index in [1.807, 2.05) is 73.7 Å². The molecule has 0 spiro atoms. The molecule has 0 aliphatic carbocycles. The van der Waals surface area contributed by atoms with Crippen LogP contribution in [0.25, 0.3) is 10.8 Å². The van der Waals surface area contributed by atoms with Gasteiger partial charge in [-0.3, -0.25) is 14.4 Å². The number of rotatable bonds is 10. The number of amides is 3. The van der Waals surface area contributed by atoms with Crippen molar-refractivity contribution in [2.75, 3.05) is 25.0 Å². The molecule has 34 heavy (non-hydrogen) atoms. The van der Waals surface area contributed by atoms with E-state index in [0.29, 0.717) is 32.4 Å². The first-order chi connectivity index (χ1) is 16.5. The zero-order chi connectivity index (χ0) is 24.1. The van der Waals surface area contributed by atoms with E-state index in [-0.39, 0.29) is 24.1 Å². The third-order valence-electron chi connectivity index (χ3n) is 6.54. The zero-order valence-corrected chi connectivity index (χ0v) is 19.8. The van der Waals surface area contributed by atoms with E-state index in [1.54, 1.807) is 16.8 Å². The normalized spacial score (nSPS) is 13.2. The molecular formula is C28H31N3O3. The molecule has 0 fully saturated rings. The lowest BCUT2D eigenvalue weighted by Crippen LogP contribution is -2.49. The lowest BCUT2D eigenvalue weighted by Gasteiger charge is -2.30. The van der Waals surface area contributed by atoms with E-state index in [1.165, 1.54) is 0 Å². The molecule has 0 bridgehead atoms. The molecule has 3 aromatic rings. The van der Waals surface area contributed by atoms with Gasteiger partial charge in [0.1, 0.15) is 6.04 Å². The highest BCUT2D eigenvalue weighted by molar-refractivity contribution is 6.25. The maximum atomic E-state index is 13.3. The average molecular weight is 458 g/mol. The van der Waals surface area contributed by atoms with Crippen molar-refractivity contribution >= 4 is 34.2 Å². The van der Waals surface area contributed by atoms with Crippen LogP contribution in [0, 0.1) is 0 Å². The molecule has 0 saturated carbocycles. The Kier molecular flexibility index (Phi) is 7.26. The van der Waals surface area contributed by atoms with Gasteiger partial charge in [-0.1, -0.05) is 61.5 Å². The van der Waals surface area contributed by atoms with Crippen molar-refractivity contribution in [1.29, 1.82) is 0 Å². The van der Waals surface area contributed by atoms with Crippen LogP contribution < -0.4 is 10.2 Å². The number of anilines is 1. The molecule has 1 heterocycles. The van der Waals surface area contributed by atoms with Gasteiger partial charge in [-0.15, -0.1) is 0 Å². The SMILES string of the molecule is CCC(C(=O)NC)N(CCc1ccccc1)C(=O)CCCN1C(=O)c2cccc3cccc1c23. The largest absolute Gasteiger partial charge is 0.357 e. The van der Waals surface area contributed by atoms with Gasteiger partial charge in [0.2, 0.25) is 11.8 Å². The minimum absolute atomic E-state index is 0.0167. The van der Waals surface area contributed by atoms with E-state index < -0.39 is 6.04 Å². The fourth-order valence-electron chi connectivity index (χ4n) is 4.80. The van der Waals surface area contributed by atoms with E-state index in [9.17, 15) is 14.4 Å². The van der Waals surface area contributed by atoms with Crippen molar-refractivity contribution in [2.24, 2.45) is 0 Å². The number of hydrogen-bond donors (Lipinski definition) is 1. The van der Waals surface area contributed by atoms with Crippen molar-refractivity contribution in [2.45, 2.75) is 38.6 Å². The summed E-state index contributed by atoms with van der Waals surface area (Å²) < 4.78 is 0. The lowest BCUT2D eigenvalue weighted by molar-refractivity contribution is -0.140. The van der Waals surface area contributed by atoms with Crippen molar-refractivity contribution in [3.63, 3.8) is 0 Å². The molecular weight excluding hydrogens is 426 g/mol. The first-order valence-electron chi connectivity index (χ1n) is 11.9. The summed E-state index contributed by atoms with van der Waals surface area (Å²) >= 11 is 0. The molecule has 0 radical (unpaired) electrons. The highest BCUT2D eigenvalue weighted by atomic mass is 16.2. The van der Waals surface area contributed by atoms with Crippen molar-refractivity contribution in [3.05, 3.63) is 77.9 Å². The molecule has 3 aromatic carbocycles. The van der Waals surface area contributed by atoms with Crippen LogP contribution in [0.5, 0.6) is 0 Å². The molecule has 4 rings (SSSR count). The summed E-state index contributed by atoms with van der Waals surface area (Å²) in [5.74, 6) is -0.230. The van der Waals surface area contributed by atoms with Gasteiger partial charge in [0, 0.05) is 37.5 Å². The predicted molar refractivity (Wildman–Crippen MR) is 135 cm³/mol. The first-order valence-corrected chi connectivity index (χ1v) is 11.9. The van der Waals surface area contributed by atoms with Crippen molar-refractivity contribution in [1.82, 2.24) is 10.2 Å². The van der Waals surface area contributed by atoms with Gasteiger partial charge >= 0.3 is 0 Å². The number of carbonyl (C=O) groups excluding carboxylic acids is 3. The van der Waals surface area contributed by atoms with Crippen LogP contribution >= 0.6 is 0 Å². The molecule has 1 aliphatic heterocycles. The molecule has 1 unspecified atom stereocenters. The molecule has 176 valence electrons.